The van der Waals surface area contributed by atoms with E-state index in [0.717, 1.165) is 16.8 Å². The number of aromatic nitrogens is 1. The molecular weight excluding hydrogens is 294 g/mol. The maximum absolute atomic E-state index is 12.0. The van der Waals surface area contributed by atoms with E-state index in [4.69, 9.17) is 4.52 Å². The number of hydrogen-bond donors (Lipinski definition) is 2. The number of carbonyl (C=O) groups excluding carboxylic acids is 2. The number of amides is 2. The summed E-state index contributed by atoms with van der Waals surface area (Å²) in [4.78, 5) is 23.9. The molecule has 6 heteroatoms. The van der Waals surface area contributed by atoms with Crippen LogP contribution in [0.5, 0.6) is 0 Å². The smallest absolute Gasteiger partial charge is 0.251 e. The Morgan fingerprint density at radius 1 is 1.22 bits per heavy atom. The maximum Gasteiger partial charge on any atom is 0.251 e. The Balaban J connectivity index is 1.94. The molecule has 2 N–H and O–H groups in total. The summed E-state index contributed by atoms with van der Waals surface area (Å²) in [6, 6.07) is 7.21. The third kappa shape index (κ3) is 4.42. The van der Waals surface area contributed by atoms with Gasteiger partial charge < -0.3 is 15.2 Å². The van der Waals surface area contributed by atoms with Crippen molar-refractivity contribution in [2.45, 2.75) is 33.7 Å². The third-order valence-corrected chi connectivity index (χ3v) is 3.53. The first-order valence-electron chi connectivity index (χ1n) is 7.56. The lowest BCUT2D eigenvalue weighted by atomic mass is 10.1. The van der Waals surface area contributed by atoms with E-state index in [9.17, 15) is 9.59 Å². The predicted molar refractivity (Wildman–Crippen MR) is 86.0 cm³/mol. The van der Waals surface area contributed by atoms with Gasteiger partial charge in [-0.1, -0.05) is 17.3 Å². The van der Waals surface area contributed by atoms with Gasteiger partial charge in [0.25, 0.3) is 5.91 Å². The highest BCUT2D eigenvalue weighted by Crippen LogP contribution is 2.13. The molecule has 0 aliphatic carbocycles. The van der Waals surface area contributed by atoms with E-state index in [0.29, 0.717) is 24.4 Å². The molecule has 2 aromatic rings. The quantitative estimate of drug-likeness (QED) is 0.852. The molecule has 1 heterocycles. The summed E-state index contributed by atoms with van der Waals surface area (Å²) < 4.78 is 5.05. The van der Waals surface area contributed by atoms with Gasteiger partial charge in [-0.2, -0.15) is 0 Å². The number of carbonyl (C=O) groups is 2. The van der Waals surface area contributed by atoms with Crippen LogP contribution in [0.2, 0.25) is 0 Å². The highest BCUT2D eigenvalue weighted by Gasteiger charge is 2.13. The molecule has 6 nitrogen and oxygen atoms in total. The number of nitrogens with one attached hydrogen (secondary N) is 2. The standard InChI is InChI=1S/C17H21N3O3/c1-4-18-17(22)14-7-5-6-13(8-14)10-19-16(21)9-15-11(2)20-23-12(15)3/h5-8H,4,9-10H2,1-3H3,(H,18,22)(H,19,21). The van der Waals surface area contributed by atoms with Crippen LogP contribution in [-0.4, -0.2) is 23.5 Å². The fourth-order valence-corrected chi connectivity index (χ4v) is 2.26. The van der Waals surface area contributed by atoms with Crippen LogP contribution in [-0.2, 0) is 17.8 Å². The van der Waals surface area contributed by atoms with Crippen molar-refractivity contribution >= 4 is 11.8 Å². The molecule has 122 valence electrons. The normalized spacial score (nSPS) is 10.4. The highest BCUT2D eigenvalue weighted by atomic mass is 16.5. The zero-order valence-electron chi connectivity index (χ0n) is 13.6. The van der Waals surface area contributed by atoms with Crippen molar-refractivity contribution in [2.75, 3.05) is 6.54 Å². The molecule has 0 fully saturated rings. The van der Waals surface area contributed by atoms with Gasteiger partial charge in [-0.25, -0.2) is 0 Å². The van der Waals surface area contributed by atoms with Crippen LogP contribution in [0.1, 0.15) is 39.9 Å². The Kier molecular flexibility index (Phi) is 5.51. The molecule has 23 heavy (non-hydrogen) atoms. The van der Waals surface area contributed by atoms with Gasteiger partial charge in [0.05, 0.1) is 12.1 Å². The van der Waals surface area contributed by atoms with Crippen molar-refractivity contribution in [1.29, 1.82) is 0 Å². The summed E-state index contributed by atoms with van der Waals surface area (Å²) in [6.45, 7) is 6.43. The maximum atomic E-state index is 12.0. The minimum absolute atomic E-state index is 0.109. The monoisotopic (exact) mass is 315 g/mol. The molecule has 1 aromatic carbocycles. The summed E-state index contributed by atoms with van der Waals surface area (Å²) in [7, 11) is 0. The van der Waals surface area contributed by atoms with Crippen molar-refractivity contribution in [1.82, 2.24) is 15.8 Å². The number of hydrogen-bond acceptors (Lipinski definition) is 4. The van der Waals surface area contributed by atoms with Crippen LogP contribution < -0.4 is 10.6 Å². The fraction of sp³-hybridized carbons (Fsp3) is 0.353. The lowest BCUT2D eigenvalue weighted by Gasteiger charge is -2.07. The summed E-state index contributed by atoms with van der Waals surface area (Å²) in [5.41, 5.74) is 3.01. The van der Waals surface area contributed by atoms with Gasteiger partial charge in [0.15, 0.2) is 0 Å². The van der Waals surface area contributed by atoms with Crippen LogP contribution in [0, 0.1) is 13.8 Å². The van der Waals surface area contributed by atoms with Gasteiger partial charge in [-0.3, -0.25) is 9.59 Å². The molecule has 0 spiro atoms. The second kappa shape index (κ2) is 7.58. The first-order valence-corrected chi connectivity index (χ1v) is 7.56. The molecular formula is C17H21N3O3. The van der Waals surface area contributed by atoms with E-state index in [-0.39, 0.29) is 18.2 Å². The van der Waals surface area contributed by atoms with E-state index >= 15 is 0 Å². The molecule has 2 amide bonds. The Hall–Kier alpha value is -2.63. The van der Waals surface area contributed by atoms with Crippen LogP contribution in [0.15, 0.2) is 28.8 Å². The topological polar surface area (TPSA) is 84.2 Å². The lowest BCUT2D eigenvalue weighted by Crippen LogP contribution is -2.25. The molecule has 0 aliphatic heterocycles. The first kappa shape index (κ1) is 16.7. The van der Waals surface area contributed by atoms with Gasteiger partial charge in [0.2, 0.25) is 5.91 Å². The van der Waals surface area contributed by atoms with E-state index in [1.165, 1.54) is 0 Å². The van der Waals surface area contributed by atoms with E-state index in [1.54, 1.807) is 25.1 Å². The highest BCUT2D eigenvalue weighted by molar-refractivity contribution is 5.94. The van der Waals surface area contributed by atoms with Gasteiger partial charge >= 0.3 is 0 Å². The summed E-state index contributed by atoms with van der Waals surface area (Å²) >= 11 is 0. The molecule has 0 unspecified atom stereocenters. The number of aryl methyl sites for hydroxylation is 2. The molecule has 0 saturated heterocycles. The van der Waals surface area contributed by atoms with E-state index in [1.807, 2.05) is 19.9 Å². The Bertz CT molecular complexity index is 687. The zero-order valence-corrected chi connectivity index (χ0v) is 13.6. The molecule has 1 aromatic heterocycles. The second-order valence-corrected chi connectivity index (χ2v) is 5.32. The average molecular weight is 315 g/mol. The van der Waals surface area contributed by atoms with Gasteiger partial charge in [-0.05, 0) is 38.5 Å². The molecule has 2 rings (SSSR count). The van der Waals surface area contributed by atoms with Crippen LogP contribution in [0.3, 0.4) is 0 Å². The minimum Gasteiger partial charge on any atom is -0.361 e. The lowest BCUT2D eigenvalue weighted by molar-refractivity contribution is -0.120. The number of rotatable bonds is 6. The van der Waals surface area contributed by atoms with Crippen LogP contribution in [0.4, 0.5) is 0 Å². The molecule has 0 bridgehead atoms. The van der Waals surface area contributed by atoms with Crippen LogP contribution >= 0.6 is 0 Å². The van der Waals surface area contributed by atoms with E-state index in [2.05, 4.69) is 15.8 Å². The van der Waals surface area contributed by atoms with Crippen molar-refractivity contribution in [3.8, 4) is 0 Å². The number of nitrogens with zero attached hydrogens (tertiary/aromatic N) is 1. The largest absolute Gasteiger partial charge is 0.361 e. The van der Waals surface area contributed by atoms with Crippen molar-refractivity contribution in [3.05, 3.63) is 52.4 Å². The Morgan fingerprint density at radius 3 is 2.65 bits per heavy atom. The van der Waals surface area contributed by atoms with Crippen LogP contribution in [0.25, 0.3) is 0 Å². The zero-order chi connectivity index (χ0) is 16.8. The molecule has 0 radical (unpaired) electrons. The Morgan fingerprint density at radius 2 is 2.00 bits per heavy atom. The fourth-order valence-electron chi connectivity index (χ4n) is 2.26. The predicted octanol–water partition coefficient (Wildman–Crippen LogP) is 1.90. The summed E-state index contributed by atoms with van der Waals surface area (Å²) in [5, 5.41) is 9.44. The minimum atomic E-state index is -0.114. The van der Waals surface area contributed by atoms with Gasteiger partial charge in [-0.15, -0.1) is 0 Å². The molecule has 0 saturated carbocycles. The summed E-state index contributed by atoms with van der Waals surface area (Å²) in [6.07, 6.45) is 0.233. The van der Waals surface area contributed by atoms with Gasteiger partial charge in [0, 0.05) is 24.2 Å². The van der Waals surface area contributed by atoms with Crippen molar-refractivity contribution in [2.24, 2.45) is 0 Å². The van der Waals surface area contributed by atoms with Crippen molar-refractivity contribution < 1.29 is 14.1 Å². The number of benzene rings is 1. The van der Waals surface area contributed by atoms with Gasteiger partial charge in [0.1, 0.15) is 5.76 Å². The molecule has 0 atom stereocenters. The van der Waals surface area contributed by atoms with Crippen molar-refractivity contribution in [3.63, 3.8) is 0 Å². The summed E-state index contributed by atoms with van der Waals surface area (Å²) in [5.74, 6) is 0.440. The first-order chi connectivity index (χ1) is 11.0. The van der Waals surface area contributed by atoms with E-state index < -0.39 is 0 Å². The molecule has 0 aliphatic rings. The Labute approximate surface area is 135 Å². The second-order valence-electron chi connectivity index (χ2n) is 5.32. The SMILES string of the molecule is CCNC(=O)c1cccc(CNC(=O)Cc2c(C)noc2C)c1. The average Bonchev–Trinajstić information content (AvgIpc) is 2.85. The third-order valence-electron chi connectivity index (χ3n) is 3.53.